The van der Waals surface area contributed by atoms with E-state index >= 15 is 0 Å². The van der Waals surface area contributed by atoms with Gasteiger partial charge >= 0.3 is 5.97 Å². The molecule has 1 amide bonds. The summed E-state index contributed by atoms with van der Waals surface area (Å²) in [5.74, 6) is -0.0114. The zero-order chi connectivity index (χ0) is 15.8. The van der Waals surface area contributed by atoms with Gasteiger partial charge in [0, 0.05) is 13.6 Å². The van der Waals surface area contributed by atoms with Crippen molar-refractivity contribution in [2.75, 3.05) is 14.2 Å². The lowest BCUT2D eigenvalue weighted by molar-refractivity contribution is -0.123. The van der Waals surface area contributed by atoms with Gasteiger partial charge in [0.25, 0.3) is 0 Å². The van der Waals surface area contributed by atoms with Crippen LogP contribution in [0.5, 0.6) is 0 Å². The number of ether oxygens (including phenoxy) is 1. The Hall–Kier alpha value is -1.88. The van der Waals surface area contributed by atoms with Crippen LogP contribution in [0.1, 0.15) is 36.2 Å². The summed E-state index contributed by atoms with van der Waals surface area (Å²) in [7, 11) is 2.98. The van der Waals surface area contributed by atoms with Gasteiger partial charge in [0.05, 0.1) is 18.7 Å². The molecular weight excluding hydrogens is 268 g/mol. The first-order chi connectivity index (χ1) is 9.99. The third-order valence-corrected chi connectivity index (χ3v) is 3.23. The van der Waals surface area contributed by atoms with Crippen molar-refractivity contribution in [3.05, 3.63) is 35.4 Å². The van der Waals surface area contributed by atoms with E-state index in [-0.39, 0.29) is 17.9 Å². The summed E-state index contributed by atoms with van der Waals surface area (Å²) in [5, 5.41) is 5.88. The minimum atomic E-state index is -0.368. The smallest absolute Gasteiger partial charge is 0.338 e. The van der Waals surface area contributed by atoms with E-state index < -0.39 is 0 Å². The fourth-order valence-electron chi connectivity index (χ4n) is 2.15. The zero-order valence-corrected chi connectivity index (χ0v) is 13.1. The molecule has 1 unspecified atom stereocenters. The molecule has 1 rings (SSSR count). The highest BCUT2D eigenvalue weighted by molar-refractivity contribution is 5.91. The molecular formula is C16H24N2O3. The summed E-state index contributed by atoms with van der Waals surface area (Å²) in [4.78, 5) is 23.6. The zero-order valence-electron chi connectivity index (χ0n) is 13.1. The van der Waals surface area contributed by atoms with Crippen molar-refractivity contribution >= 4 is 11.9 Å². The largest absolute Gasteiger partial charge is 0.465 e. The molecule has 5 heteroatoms. The summed E-state index contributed by atoms with van der Waals surface area (Å²) < 4.78 is 4.77. The van der Waals surface area contributed by atoms with Crippen LogP contribution >= 0.6 is 0 Å². The maximum absolute atomic E-state index is 11.9. The van der Waals surface area contributed by atoms with E-state index in [2.05, 4.69) is 24.5 Å². The second-order valence-corrected chi connectivity index (χ2v) is 5.33. The molecule has 1 aromatic rings. The molecule has 21 heavy (non-hydrogen) atoms. The number of hydrogen-bond acceptors (Lipinski definition) is 4. The van der Waals surface area contributed by atoms with Gasteiger partial charge in [0.2, 0.25) is 5.91 Å². The molecule has 0 saturated heterocycles. The maximum Gasteiger partial charge on any atom is 0.338 e. The molecule has 1 atom stereocenters. The molecule has 0 aliphatic rings. The van der Waals surface area contributed by atoms with Crippen LogP contribution in [0.4, 0.5) is 0 Å². The number of likely N-dealkylation sites (N-methyl/N-ethyl adjacent to an activating group) is 1. The Morgan fingerprint density at radius 1 is 1.24 bits per heavy atom. The number of carbonyl (C=O) groups is 2. The van der Waals surface area contributed by atoms with Gasteiger partial charge in [-0.3, -0.25) is 4.79 Å². The second-order valence-electron chi connectivity index (χ2n) is 5.33. The van der Waals surface area contributed by atoms with E-state index in [1.54, 1.807) is 19.2 Å². The highest BCUT2D eigenvalue weighted by atomic mass is 16.5. The molecule has 0 spiro atoms. The van der Waals surface area contributed by atoms with Crippen LogP contribution in [0.25, 0.3) is 0 Å². The van der Waals surface area contributed by atoms with Crippen molar-refractivity contribution in [2.24, 2.45) is 5.92 Å². The van der Waals surface area contributed by atoms with Gasteiger partial charge < -0.3 is 15.4 Å². The van der Waals surface area contributed by atoms with Gasteiger partial charge in [0.1, 0.15) is 0 Å². The minimum absolute atomic E-state index is 0.0424. The van der Waals surface area contributed by atoms with Crippen molar-refractivity contribution in [2.45, 2.75) is 32.9 Å². The Morgan fingerprint density at radius 2 is 1.90 bits per heavy atom. The molecule has 0 heterocycles. The number of amides is 1. The normalized spacial score (nSPS) is 12.0. The summed E-state index contributed by atoms with van der Waals surface area (Å²) >= 11 is 0. The number of rotatable bonds is 7. The lowest BCUT2D eigenvalue weighted by Crippen LogP contribution is -2.43. The molecule has 0 fully saturated rings. The molecule has 0 aliphatic carbocycles. The van der Waals surface area contributed by atoms with Gasteiger partial charge in [-0.2, -0.15) is 0 Å². The first-order valence-corrected chi connectivity index (χ1v) is 7.10. The van der Waals surface area contributed by atoms with Crippen LogP contribution in [-0.2, 0) is 16.1 Å². The number of methoxy groups -OCH3 is 1. The predicted molar refractivity (Wildman–Crippen MR) is 81.9 cm³/mol. The highest BCUT2D eigenvalue weighted by Gasteiger charge is 2.19. The third kappa shape index (κ3) is 5.19. The monoisotopic (exact) mass is 292 g/mol. The Balaban J connectivity index is 2.80. The van der Waals surface area contributed by atoms with Crippen molar-refractivity contribution in [1.29, 1.82) is 0 Å². The van der Waals surface area contributed by atoms with Crippen LogP contribution in [0.3, 0.4) is 0 Å². The van der Waals surface area contributed by atoms with E-state index in [9.17, 15) is 9.59 Å². The molecule has 116 valence electrons. The molecule has 0 aliphatic heterocycles. The van der Waals surface area contributed by atoms with Gasteiger partial charge in [0.15, 0.2) is 0 Å². The Labute approximate surface area is 126 Å². The third-order valence-electron chi connectivity index (χ3n) is 3.23. The van der Waals surface area contributed by atoms with Crippen molar-refractivity contribution < 1.29 is 14.3 Å². The molecule has 0 radical (unpaired) electrons. The van der Waals surface area contributed by atoms with Crippen LogP contribution < -0.4 is 10.6 Å². The van der Waals surface area contributed by atoms with Gasteiger partial charge in [-0.15, -0.1) is 0 Å². The Bertz CT molecular complexity index is 486. The summed E-state index contributed by atoms with van der Waals surface area (Å²) in [6.07, 6.45) is 0.736. The first kappa shape index (κ1) is 17.2. The molecule has 5 nitrogen and oxygen atoms in total. The summed E-state index contributed by atoms with van der Waals surface area (Å²) in [5.41, 5.74) is 1.34. The molecule has 0 bridgehead atoms. The standard InChI is InChI=1S/C16H24N2O3/c1-11(2)9-14(15(19)17-3)18-10-12-7-5-6-8-13(12)16(20)21-4/h5-8,11,14,18H,9-10H2,1-4H3,(H,17,19). The fraction of sp³-hybridized carbons (Fsp3) is 0.500. The van der Waals surface area contributed by atoms with Gasteiger partial charge in [-0.1, -0.05) is 32.0 Å². The molecule has 1 aromatic carbocycles. The van der Waals surface area contributed by atoms with E-state index in [0.717, 1.165) is 12.0 Å². The lowest BCUT2D eigenvalue weighted by atomic mass is 10.0. The summed E-state index contributed by atoms with van der Waals surface area (Å²) in [6.45, 7) is 4.58. The second kappa shape index (κ2) is 8.42. The Morgan fingerprint density at radius 3 is 2.48 bits per heavy atom. The molecule has 0 aromatic heterocycles. The number of benzene rings is 1. The minimum Gasteiger partial charge on any atom is -0.465 e. The average molecular weight is 292 g/mol. The summed E-state index contributed by atoms with van der Waals surface area (Å²) in [6, 6.07) is 6.96. The van der Waals surface area contributed by atoms with Crippen LogP contribution in [0.15, 0.2) is 24.3 Å². The highest BCUT2D eigenvalue weighted by Crippen LogP contribution is 2.12. The van der Waals surface area contributed by atoms with Crippen LogP contribution in [-0.4, -0.2) is 32.1 Å². The van der Waals surface area contributed by atoms with Gasteiger partial charge in [-0.05, 0) is 24.0 Å². The number of nitrogens with one attached hydrogen (secondary N) is 2. The Kier molecular flexibility index (Phi) is 6.88. The number of carbonyl (C=O) groups excluding carboxylic acids is 2. The topological polar surface area (TPSA) is 67.4 Å². The lowest BCUT2D eigenvalue weighted by Gasteiger charge is -2.19. The maximum atomic E-state index is 11.9. The van der Waals surface area contributed by atoms with Crippen molar-refractivity contribution in [3.8, 4) is 0 Å². The molecule has 2 N–H and O–H groups in total. The van der Waals surface area contributed by atoms with E-state index in [0.29, 0.717) is 18.0 Å². The molecule has 0 saturated carbocycles. The number of hydrogen-bond donors (Lipinski definition) is 2. The van der Waals surface area contributed by atoms with Crippen LogP contribution in [0.2, 0.25) is 0 Å². The van der Waals surface area contributed by atoms with Crippen molar-refractivity contribution in [1.82, 2.24) is 10.6 Å². The van der Waals surface area contributed by atoms with E-state index in [1.807, 2.05) is 12.1 Å². The average Bonchev–Trinajstić information content (AvgIpc) is 2.49. The van der Waals surface area contributed by atoms with Gasteiger partial charge in [-0.25, -0.2) is 4.79 Å². The van der Waals surface area contributed by atoms with Crippen molar-refractivity contribution in [3.63, 3.8) is 0 Å². The SMILES string of the molecule is CNC(=O)C(CC(C)C)NCc1ccccc1C(=O)OC. The van der Waals surface area contributed by atoms with E-state index in [1.165, 1.54) is 7.11 Å². The predicted octanol–water partition coefficient (Wildman–Crippen LogP) is 1.72. The number of esters is 1. The van der Waals surface area contributed by atoms with Crippen LogP contribution in [0, 0.1) is 5.92 Å². The quantitative estimate of drug-likeness (QED) is 0.751. The first-order valence-electron chi connectivity index (χ1n) is 7.10. The van der Waals surface area contributed by atoms with E-state index in [4.69, 9.17) is 4.74 Å². The fourth-order valence-corrected chi connectivity index (χ4v) is 2.15.